The number of nitrogens with one attached hydrogen (secondary N) is 1. The molecule has 0 saturated heterocycles. The fourth-order valence-corrected chi connectivity index (χ4v) is 2.35. The van der Waals surface area contributed by atoms with Gasteiger partial charge in [0.25, 0.3) is 5.56 Å². The summed E-state index contributed by atoms with van der Waals surface area (Å²) in [5.41, 5.74) is 0.188. The van der Waals surface area contributed by atoms with Gasteiger partial charge in [0.1, 0.15) is 5.56 Å². The number of rotatable bonds is 2. The molecule has 23 heavy (non-hydrogen) atoms. The number of hydrogen-bond acceptors (Lipinski definition) is 4. The minimum Gasteiger partial charge on any atom is -0.494 e. The lowest BCUT2D eigenvalue weighted by atomic mass is 10.2. The van der Waals surface area contributed by atoms with Crippen molar-refractivity contribution in [3.63, 3.8) is 0 Å². The summed E-state index contributed by atoms with van der Waals surface area (Å²) >= 11 is 6.07. The molecule has 1 aliphatic heterocycles. The number of aromatic amines is 1. The van der Waals surface area contributed by atoms with Crippen molar-refractivity contribution >= 4 is 23.9 Å². The monoisotopic (exact) mass is 329 g/mol. The van der Waals surface area contributed by atoms with Gasteiger partial charge in [0.15, 0.2) is 0 Å². The zero-order valence-electron chi connectivity index (χ0n) is 12.1. The summed E-state index contributed by atoms with van der Waals surface area (Å²) in [6.07, 6.45) is 6.34. The molecule has 2 N–H and O–H groups in total. The lowest BCUT2D eigenvalue weighted by molar-refractivity contribution is 0.429. The largest absolute Gasteiger partial charge is 0.494 e. The maximum Gasteiger partial charge on any atom is 0.335 e. The summed E-state index contributed by atoms with van der Waals surface area (Å²) in [6, 6.07) is 4.89. The first-order chi connectivity index (χ1) is 11.0. The quantitative estimate of drug-likeness (QED) is 0.885. The highest BCUT2D eigenvalue weighted by Gasteiger charge is 2.15. The van der Waals surface area contributed by atoms with Gasteiger partial charge in [-0.1, -0.05) is 17.7 Å². The van der Waals surface area contributed by atoms with Gasteiger partial charge in [0.05, 0.1) is 11.4 Å². The van der Waals surface area contributed by atoms with Gasteiger partial charge < -0.3 is 5.11 Å². The van der Waals surface area contributed by atoms with Gasteiger partial charge in [-0.05, 0) is 42.8 Å². The molecule has 0 radical (unpaired) electrons. The fraction of sp³-hybridized carbons (Fsp3) is 0.0625. The lowest BCUT2D eigenvalue weighted by Crippen LogP contribution is -2.30. The van der Waals surface area contributed by atoms with Crippen LogP contribution >= 0.6 is 11.6 Å². The van der Waals surface area contributed by atoms with Gasteiger partial charge in [0, 0.05) is 11.2 Å². The third-order valence-corrected chi connectivity index (χ3v) is 3.81. The molecule has 1 aliphatic rings. The van der Waals surface area contributed by atoms with Crippen LogP contribution in [0.2, 0.25) is 5.02 Å². The van der Waals surface area contributed by atoms with Crippen LogP contribution < -0.4 is 11.2 Å². The predicted molar refractivity (Wildman–Crippen MR) is 89.7 cm³/mol. The van der Waals surface area contributed by atoms with Gasteiger partial charge in [-0.25, -0.2) is 9.36 Å². The first-order valence-electron chi connectivity index (χ1n) is 6.74. The molecule has 2 heterocycles. The number of aliphatic imine (C=N–C) groups is 1. The number of nitrogens with zero attached hydrogens (tertiary/aromatic N) is 2. The number of halogens is 1. The average molecular weight is 330 g/mol. The van der Waals surface area contributed by atoms with E-state index in [2.05, 4.69) is 9.98 Å². The third kappa shape index (κ3) is 2.76. The second-order valence-corrected chi connectivity index (χ2v) is 5.38. The molecular formula is C16H12ClN3O3. The first-order valence-corrected chi connectivity index (χ1v) is 7.12. The Morgan fingerprint density at radius 2 is 2.13 bits per heavy atom. The lowest BCUT2D eigenvalue weighted by Gasteiger charge is -2.11. The van der Waals surface area contributed by atoms with E-state index in [0.717, 1.165) is 10.1 Å². The predicted octanol–water partition coefficient (Wildman–Crippen LogP) is 2.17. The van der Waals surface area contributed by atoms with Crippen molar-refractivity contribution in [3.05, 3.63) is 73.0 Å². The Labute approximate surface area is 135 Å². The van der Waals surface area contributed by atoms with Crippen LogP contribution in [-0.2, 0) is 0 Å². The zero-order chi connectivity index (χ0) is 16.6. The number of H-pyrrole nitrogens is 1. The number of aryl methyl sites for hydroxylation is 1. The second kappa shape index (κ2) is 5.73. The molecule has 0 saturated carbocycles. The number of aromatic hydroxyl groups is 1. The van der Waals surface area contributed by atoms with Gasteiger partial charge in [0.2, 0.25) is 5.88 Å². The Kier molecular flexibility index (Phi) is 3.75. The summed E-state index contributed by atoms with van der Waals surface area (Å²) in [7, 11) is 0. The van der Waals surface area contributed by atoms with Crippen molar-refractivity contribution in [2.45, 2.75) is 6.92 Å². The molecule has 6 nitrogen and oxygen atoms in total. The van der Waals surface area contributed by atoms with E-state index in [9.17, 15) is 14.7 Å². The van der Waals surface area contributed by atoms with E-state index >= 15 is 0 Å². The molecule has 2 aromatic rings. The standard InChI is InChI=1S/C16H12ClN3O3/c1-9-4-5-11(8-13(9)17)20-15(22)12(14(21)19-16(20)23)7-10-3-2-6-18-10/h2-8,22H,1H3,(H,19,21,23). The highest BCUT2D eigenvalue weighted by molar-refractivity contribution is 6.31. The molecule has 3 rings (SSSR count). The van der Waals surface area contributed by atoms with Gasteiger partial charge in [-0.2, -0.15) is 0 Å². The van der Waals surface area contributed by atoms with Crippen LogP contribution in [0.3, 0.4) is 0 Å². The van der Waals surface area contributed by atoms with Crippen LogP contribution in [0.15, 0.2) is 50.6 Å². The van der Waals surface area contributed by atoms with Gasteiger partial charge in [-0.15, -0.1) is 0 Å². The third-order valence-electron chi connectivity index (χ3n) is 3.40. The van der Waals surface area contributed by atoms with Gasteiger partial charge in [-0.3, -0.25) is 14.8 Å². The molecule has 0 bridgehead atoms. The van der Waals surface area contributed by atoms with Crippen LogP contribution in [0.1, 0.15) is 11.1 Å². The molecule has 7 heteroatoms. The molecule has 0 fully saturated rings. The number of aromatic nitrogens is 2. The minimum absolute atomic E-state index is 0.0556. The maximum absolute atomic E-state index is 12.1. The number of allylic oxidation sites excluding steroid dienone is 2. The van der Waals surface area contributed by atoms with Crippen molar-refractivity contribution in [1.29, 1.82) is 0 Å². The molecule has 1 aromatic heterocycles. The molecule has 116 valence electrons. The van der Waals surface area contributed by atoms with E-state index in [0.29, 0.717) is 16.4 Å². The maximum atomic E-state index is 12.1. The zero-order valence-corrected chi connectivity index (χ0v) is 12.8. The molecule has 0 amide bonds. The Bertz CT molecular complexity index is 983. The minimum atomic E-state index is -0.750. The van der Waals surface area contributed by atoms with Crippen molar-refractivity contribution in [3.8, 4) is 11.6 Å². The van der Waals surface area contributed by atoms with E-state index in [1.807, 2.05) is 6.92 Å². The van der Waals surface area contributed by atoms with E-state index < -0.39 is 17.1 Å². The van der Waals surface area contributed by atoms with Crippen LogP contribution in [-0.4, -0.2) is 20.9 Å². The Morgan fingerprint density at radius 3 is 2.78 bits per heavy atom. The van der Waals surface area contributed by atoms with Crippen LogP contribution in [0.25, 0.3) is 11.8 Å². The highest BCUT2D eigenvalue weighted by Crippen LogP contribution is 2.23. The van der Waals surface area contributed by atoms with Crippen LogP contribution in [0.4, 0.5) is 0 Å². The first kappa shape index (κ1) is 15.1. The SMILES string of the molecule is Cc1ccc(-n2c(O)c(C=C3C=CC=N3)c(=O)[nH]c2=O)cc1Cl. The van der Waals surface area contributed by atoms with Crippen molar-refractivity contribution < 1.29 is 5.11 Å². The van der Waals surface area contributed by atoms with E-state index in [1.54, 1.807) is 36.6 Å². The molecule has 0 unspecified atom stereocenters. The summed E-state index contributed by atoms with van der Waals surface area (Å²) in [5.74, 6) is -0.471. The van der Waals surface area contributed by atoms with E-state index in [4.69, 9.17) is 11.6 Å². The van der Waals surface area contributed by atoms with E-state index in [1.165, 1.54) is 6.08 Å². The summed E-state index contributed by atoms with van der Waals surface area (Å²) < 4.78 is 0.988. The van der Waals surface area contributed by atoms with Crippen molar-refractivity contribution in [2.75, 3.05) is 0 Å². The molecule has 0 spiro atoms. The Balaban J connectivity index is 2.25. The smallest absolute Gasteiger partial charge is 0.335 e. The summed E-state index contributed by atoms with van der Waals surface area (Å²) in [5, 5.41) is 10.9. The van der Waals surface area contributed by atoms with Crippen molar-refractivity contribution in [1.82, 2.24) is 9.55 Å². The highest BCUT2D eigenvalue weighted by atomic mass is 35.5. The summed E-state index contributed by atoms with van der Waals surface area (Å²) in [6.45, 7) is 1.82. The fourth-order valence-electron chi connectivity index (χ4n) is 2.18. The molecule has 0 atom stereocenters. The Morgan fingerprint density at radius 1 is 1.35 bits per heavy atom. The average Bonchev–Trinajstić information content (AvgIpc) is 3.00. The number of benzene rings is 1. The summed E-state index contributed by atoms with van der Waals surface area (Å²) in [4.78, 5) is 30.3. The molecule has 0 aliphatic carbocycles. The normalized spacial score (nSPS) is 14.8. The molecule has 1 aromatic carbocycles. The molecular weight excluding hydrogens is 318 g/mol. The van der Waals surface area contributed by atoms with E-state index in [-0.39, 0.29) is 5.56 Å². The van der Waals surface area contributed by atoms with Crippen molar-refractivity contribution in [2.24, 2.45) is 4.99 Å². The van der Waals surface area contributed by atoms with Crippen LogP contribution in [0.5, 0.6) is 5.88 Å². The topological polar surface area (TPSA) is 87.4 Å². The van der Waals surface area contributed by atoms with Gasteiger partial charge >= 0.3 is 5.69 Å². The van der Waals surface area contributed by atoms with Crippen LogP contribution in [0, 0.1) is 6.92 Å². The second-order valence-electron chi connectivity index (χ2n) is 4.97. The Hall–Kier alpha value is -2.86. The number of hydrogen-bond donors (Lipinski definition) is 2.